The number of carbonyl (C=O) groups is 1. The number of rotatable bonds is 4. The number of carbonyl (C=O) groups excluding carboxylic acids is 1. The lowest BCUT2D eigenvalue weighted by molar-refractivity contribution is -0.135. The summed E-state index contributed by atoms with van der Waals surface area (Å²) in [4.78, 5) is 19.1. The third kappa shape index (κ3) is 6.25. The fraction of sp³-hybridized carbons (Fsp3) is 0.895. The van der Waals surface area contributed by atoms with Gasteiger partial charge in [-0.05, 0) is 38.5 Å². The third-order valence-corrected chi connectivity index (χ3v) is 5.79. The van der Waals surface area contributed by atoms with Crippen molar-refractivity contribution in [3.05, 3.63) is 0 Å². The summed E-state index contributed by atoms with van der Waals surface area (Å²) in [6.07, 6.45) is 10.7. The van der Waals surface area contributed by atoms with Crippen LogP contribution in [0.5, 0.6) is 0 Å². The van der Waals surface area contributed by atoms with E-state index >= 15 is 0 Å². The highest BCUT2D eigenvalue weighted by Gasteiger charge is 2.31. The topological polar surface area (TPSA) is 66.0 Å². The number of guanidine groups is 1. The molecule has 3 rings (SSSR count). The van der Waals surface area contributed by atoms with E-state index < -0.39 is 0 Å². The van der Waals surface area contributed by atoms with Gasteiger partial charge in [0.25, 0.3) is 0 Å². The minimum absolute atomic E-state index is 0. The van der Waals surface area contributed by atoms with Crippen molar-refractivity contribution in [1.82, 2.24) is 15.5 Å². The van der Waals surface area contributed by atoms with E-state index in [1.54, 1.807) is 7.05 Å². The normalized spacial score (nSPS) is 27.7. The number of ether oxygens (including phenoxy) is 1. The highest BCUT2D eigenvalue weighted by atomic mass is 127. The van der Waals surface area contributed by atoms with Crippen molar-refractivity contribution in [3.8, 4) is 0 Å². The molecule has 2 saturated heterocycles. The lowest BCUT2D eigenvalue weighted by Gasteiger charge is -2.27. The molecule has 0 bridgehead atoms. The van der Waals surface area contributed by atoms with Gasteiger partial charge in [-0.1, -0.05) is 19.3 Å². The van der Waals surface area contributed by atoms with Crippen molar-refractivity contribution in [1.29, 1.82) is 0 Å². The minimum atomic E-state index is 0. The molecule has 6 nitrogen and oxygen atoms in total. The number of amides is 1. The molecule has 1 amide bonds. The average Bonchev–Trinajstić information content (AvgIpc) is 3.14. The zero-order chi connectivity index (χ0) is 17.5. The van der Waals surface area contributed by atoms with E-state index in [4.69, 9.17) is 4.74 Å². The summed E-state index contributed by atoms with van der Waals surface area (Å²) >= 11 is 0. The molecule has 26 heavy (non-hydrogen) atoms. The van der Waals surface area contributed by atoms with Crippen LogP contribution in [0.1, 0.15) is 57.8 Å². The van der Waals surface area contributed by atoms with E-state index in [1.165, 1.54) is 32.1 Å². The zero-order valence-corrected chi connectivity index (χ0v) is 18.4. The molecule has 3 fully saturated rings. The molecule has 2 atom stereocenters. The van der Waals surface area contributed by atoms with E-state index in [9.17, 15) is 4.79 Å². The second-order valence-electron chi connectivity index (χ2n) is 7.69. The Morgan fingerprint density at radius 2 is 1.88 bits per heavy atom. The summed E-state index contributed by atoms with van der Waals surface area (Å²) in [6.45, 7) is 3.35. The quantitative estimate of drug-likeness (QED) is 0.370. The standard InChI is InChI=1S/C19H34N4O2.HI/c1-20-19(21-13-17-9-5-6-12-25-17)22-16-10-11-23(14-16)18(24)15-7-3-2-4-8-15;/h15-17H,2-14H2,1H3,(H2,20,21,22);1H. The minimum Gasteiger partial charge on any atom is -0.376 e. The smallest absolute Gasteiger partial charge is 0.225 e. The summed E-state index contributed by atoms with van der Waals surface area (Å²) in [5.41, 5.74) is 0. The molecule has 2 heterocycles. The predicted octanol–water partition coefficient (Wildman–Crippen LogP) is 2.52. The maximum absolute atomic E-state index is 12.7. The third-order valence-electron chi connectivity index (χ3n) is 5.79. The highest BCUT2D eigenvalue weighted by Crippen LogP contribution is 2.26. The molecule has 150 valence electrons. The summed E-state index contributed by atoms with van der Waals surface area (Å²) in [5.74, 6) is 1.47. The molecule has 3 aliphatic rings. The van der Waals surface area contributed by atoms with E-state index in [2.05, 4.69) is 20.5 Å². The van der Waals surface area contributed by atoms with Gasteiger partial charge in [-0.3, -0.25) is 9.79 Å². The Bertz CT molecular complexity index is 462. The predicted molar refractivity (Wildman–Crippen MR) is 115 cm³/mol. The van der Waals surface area contributed by atoms with Crippen LogP contribution in [0.4, 0.5) is 0 Å². The fourth-order valence-electron chi connectivity index (χ4n) is 4.25. The molecule has 7 heteroatoms. The van der Waals surface area contributed by atoms with Crippen LogP contribution < -0.4 is 10.6 Å². The summed E-state index contributed by atoms with van der Waals surface area (Å²) in [6, 6.07) is 0.297. The fourth-order valence-corrected chi connectivity index (χ4v) is 4.25. The summed E-state index contributed by atoms with van der Waals surface area (Å²) in [7, 11) is 1.80. The molecule has 0 aromatic carbocycles. The van der Waals surface area contributed by atoms with Crippen LogP contribution in [-0.2, 0) is 9.53 Å². The molecule has 2 unspecified atom stereocenters. The molecule has 1 aliphatic carbocycles. The van der Waals surface area contributed by atoms with Crippen LogP contribution in [0.15, 0.2) is 4.99 Å². The number of hydrogen-bond acceptors (Lipinski definition) is 3. The van der Waals surface area contributed by atoms with Gasteiger partial charge in [0.05, 0.1) is 6.10 Å². The number of nitrogens with one attached hydrogen (secondary N) is 2. The van der Waals surface area contributed by atoms with Crippen LogP contribution in [-0.4, -0.2) is 62.2 Å². The van der Waals surface area contributed by atoms with Crippen LogP contribution >= 0.6 is 24.0 Å². The van der Waals surface area contributed by atoms with Gasteiger partial charge in [-0.2, -0.15) is 0 Å². The first-order chi connectivity index (χ1) is 12.3. The number of aliphatic imine (C=N–C) groups is 1. The van der Waals surface area contributed by atoms with E-state index in [0.29, 0.717) is 18.1 Å². The van der Waals surface area contributed by atoms with Gasteiger partial charge in [0, 0.05) is 45.2 Å². The van der Waals surface area contributed by atoms with Crippen molar-refractivity contribution < 1.29 is 9.53 Å². The molecule has 0 aromatic heterocycles. The lowest BCUT2D eigenvalue weighted by atomic mass is 9.88. The lowest BCUT2D eigenvalue weighted by Crippen LogP contribution is -2.47. The Kier molecular flexibility index (Phi) is 9.45. The van der Waals surface area contributed by atoms with Gasteiger partial charge in [-0.15, -0.1) is 24.0 Å². The Balaban J connectivity index is 0.00000243. The maximum Gasteiger partial charge on any atom is 0.225 e. The second-order valence-corrected chi connectivity index (χ2v) is 7.69. The van der Waals surface area contributed by atoms with Crippen molar-refractivity contribution >= 4 is 35.8 Å². The van der Waals surface area contributed by atoms with Gasteiger partial charge < -0.3 is 20.3 Å². The first-order valence-electron chi connectivity index (χ1n) is 10.1. The van der Waals surface area contributed by atoms with Gasteiger partial charge in [0.15, 0.2) is 5.96 Å². The molecule has 2 aliphatic heterocycles. The van der Waals surface area contributed by atoms with Gasteiger partial charge in [-0.25, -0.2) is 0 Å². The van der Waals surface area contributed by atoms with E-state index in [1.807, 2.05) is 0 Å². The number of hydrogen-bond donors (Lipinski definition) is 2. The van der Waals surface area contributed by atoms with Crippen LogP contribution in [0.25, 0.3) is 0 Å². The Morgan fingerprint density at radius 1 is 1.12 bits per heavy atom. The molecular weight excluding hydrogens is 443 g/mol. The SMILES string of the molecule is CN=C(NCC1CCCCO1)NC1CCN(C(=O)C2CCCCC2)C1.I. The molecular formula is C19H35IN4O2. The van der Waals surface area contributed by atoms with Gasteiger partial charge in [0.2, 0.25) is 5.91 Å². The zero-order valence-electron chi connectivity index (χ0n) is 16.0. The summed E-state index contributed by atoms with van der Waals surface area (Å²) < 4.78 is 5.76. The van der Waals surface area contributed by atoms with Crippen molar-refractivity contribution in [3.63, 3.8) is 0 Å². The molecule has 0 aromatic rings. The van der Waals surface area contributed by atoms with Crippen LogP contribution in [0.3, 0.4) is 0 Å². The number of halogens is 1. The highest BCUT2D eigenvalue weighted by molar-refractivity contribution is 14.0. The Hall–Kier alpha value is -0.570. The first-order valence-corrected chi connectivity index (χ1v) is 10.1. The summed E-state index contributed by atoms with van der Waals surface area (Å²) in [5, 5.41) is 6.87. The van der Waals surface area contributed by atoms with Crippen LogP contribution in [0.2, 0.25) is 0 Å². The van der Waals surface area contributed by atoms with Gasteiger partial charge >= 0.3 is 0 Å². The number of likely N-dealkylation sites (tertiary alicyclic amines) is 1. The largest absolute Gasteiger partial charge is 0.376 e. The molecule has 0 spiro atoms. The van der Waals surface area contributed by atoms with Crippen molar-refractivity contribution in [2.24, 2.45) is 10.9 Å². The van der Waals surface area contributed by atoms with E-state index in [0.717, 1.165) is 57.9 Å². The van der Waals surface area contributed by atoms with Crippen molar-refractivity contribution in [2.45, 2.75) is 69.9 Å². The van der Waals surface area contributed by atoms with E-state index in [-0.39, 0.29) is 29.9 Å². The molecule has 0 radical (unpaired) electrons. The molecule has 1 saturated carbocycles. The first kappa shape index (κ1) is 21.7. The van der Waals surface area contributed by atoms with Gasteiger partial charge in [0.1, 0.15) is 0 Å². The monoisotopic (exact) mass is 478 g/mol. The second kappa shape index (κ2) is 11.3. The van der Waals surface area contributed by atoms with Crippen molar-refractivity contribution in [2.75, 3.05) is 33.3 Å². The van der Waals surface area contributed by atoms with Crippen LogP contribution in [0, 0.1) is 5.92 Å². The number of nitrogens with zero attached hydrogens (tertiary/aromatic N) is 2. The maximum atomic E-state index is 12.7. The molecule has 2 N–H and O–H groups in total. The Labute approximate surface area is 174 Å². The average molecular weight is 478 g/mol. The Morgan fingerprint density at radius 3 is 2.58 bits per heavy atom.